The zero-order chi connectivity index (χ0) is 29.5. The van der Waals surface area contributed by atoms with Gasteiger partial charge in [-0.05, 0) is 65.7 Å². The van der Waals surface area contributed by atoms with Gasteiger partial charge >= 0.3 is 0 Å². The third-order valence-electron chi connectivity index (χ3n) is 7.69. The molecule has 3 rings (SSSR count). The molecule has 1 aliphatic heterocycles. The third kappa shape index (κ3) is 10.1. The standard InChI is InChI=1S/C23H47N5O6.CH4O3S/c1-5-28-15-9-14(25)19(33-16-8-12(10-26-3)6-7-13(16)24)17(29)20(15)34-22-18(30)21(27-4)23(2,31)11-32-22;1-5(2,3)4/h12-22,26-31H,5-11,24-25H2,1-4H3;1H3,(H,2,3,4)/t12-,13-,14+,15-,16+,17+,18+,19+,20+,21+,22+,23-;/m1./s1. The SMILES string of the molecule is CCN[C@@H]1C[C@H](N)[C@H](O[C@H]2C[C@H](CNC)CC[C@H]2N)[C@H](O)[C@H]1O[C@@H]1OC[C@@](C)(O)[C@@H](NC)[C@@H]1O.CS(=O)(=O)O. The van der Waals surface area contributed by atoms with Crippen molar-refractivity contribution in [1.82, 2.24) is 16.0 Å². The van der Waals surface area contributed by atoms with Crippen LogP contribution in [0.4, 0.5) is 0 Å². The van der Waals surface area contributed by atoms with Gasteiger partial charge in [-0.15, -0.1) is 0 Å². The molecule has 3 aliphatic rings. The highest BCUT2D eigenvalue weighted by atomic mass is 32.2. The number of rotatable bonds is 9. The van der Waals surface area contributed by atoms with E-state index in [-0.39, 0.29) is 24.8 Å². The number of hydrogen-bond donors (Lipinski definition) is 9. The van der Waals surface area contributed by atoms with Crippen molar-refractivity contribution in [2.24, 2.45) is 17.4 Å². The fraction of sp³-hybridized carbons (Fsp3) is 1.00. The lowest BCUT2D eigenvalue weighted by molar-refractivity contribution is -0.300. The lowest BCUT2D eigenvalue weighted by atomic mass is 9.81. The minimum absolute atomic E-state index is 0.0157. The molecule has 0 radical (unpaired) electrons. The van der Waals surface area contributed by atoms with E-state index < -0.39 is 58.5 Å². The van der Waals surface area contributed by atoms with Crippen LogP contribution in [0.25, 0.3) is 0 Å². The van der Waals surface area contributed by atoms with Crippen LogP contribution < -0.4 is 27.4 Å². The molecule has 11 N–H and O–H groups in total. The quantitative estimate of drug-likeness (QED) is 0.124. The van der Waals surface area contributed by atoms with E-state index in [0.29, 0.717) is 25.1 Å². The molecule has 0 unspecified atom stereocenters. The molecule has 2 saturated carbocycles. The Balaban J connectivity index is 0.000000976. The van der Waals surface area contributed by atoms with Crippen LogP contribution in [0, 0.1) is 5.92 Å². The molecule has 0 bridgehead atoms. The number of aliphatic hydroxyl groups excluding tert-OH is 2. The zero-order valence-electron chi connectivity index (χ0n) is 23.7. The average molecular weight is 586 g/mol. The van der Waals surface area contributed by atoms with Gasteiger partial charge in [0.25, 0.3) is 10.1 Å². The normalized spacial score (nSPS) is 43.4. The lowest BCUT2D eigenvalue weighted by Gasteiger charge is -2.49. The summed E-state index contributed by atoms with van der Waals surface area (Å²) < 4.78 is 44.1. The fourth-order valence-corrected chi connectivity index (χ4v) is 5.85. The summed E-state index contributed by atoms with van der Waals surface area (Å²) in [6.45, 7) is 5.12. The van der Waals surface area contributed by atoms with Crippen LogP contribution in [0.3, 0.4) is 0 Å². The van der Waals surface area contributed by atoms with E-state index in [4.69, 9.17) is 30.2 Å². The van der Waals surface area contributed by atoms with Crippen LogP contribution in [-0.4, -0.2) is 135 Å². The number of hydrogen-bond acceptors (Lipinski definition) is 13. The van der Waals surface area contributed by atoms with Crippen LogP contribution >= 0.6 is 0 Å². The van der Waals surface area contributed by atoms with Crippen molar-refractivity contribution in [2.45, 2.75) is 106 Å². The van der Waals surface area contributed by atoms with E-state index in [0.717, 1.165) is 25.8 Å². The van der Waals surface area contributed by atoms with Crippen molar-refractivity contribution in [3.8, 4) is 0 Å². The Hall–Kier alpha value is -0.530. The maximum absolute atomic E-state index is 11.4. The minimum atomic E-state index is -3.67. The van der Waals surface area contributed by atoms with Gasteiger partial charge in [0, 0.05) is 18.1 Å². The van der Waals surface area contributed by atoms with E-state index in [9.17, 15) is 23.7 Å². The molecular formula is C24H51N5O9S. The Bertz CT molecular complexity index is 831. The van der Waals surface area contributed by atoms with Gasteiger partial charge < -0.3 is 56.9 Å². The molecule has 0 aromatic rings. The number of likely N-dealkylation sites (N-methyl/N-ethyl adjacent to an activating group) is 2. The molecule has 14 nitrogen and oxygen atoms in total. The van der Waals surface area contributed by atoms with E-state index in [1.807, 2.05) is 14.0 Å². The van der Waals surface area contributed by atoms with Gasteiger partial charge in [-0.2, -0.15) is 8.42 Å². The number of nitrogens with one attached hydrogen (secondary N) is 3. The van der Waals surface area contributed by atoms with Crippen molar-refractivity contribution in [3.63, 3.8) is 0 Å². The first kappa shape index (κ1) is 34.7. The fourth-order valence-electron chi connectivity index (χ4n) is 5.85. The smallest absolute Gasteiger partial charge is 0.261 e. The van der Waals surface area contributed by atoms with Crippen LogP contribution in [0.1, 0.15) is 39.5 Å². The van der Waals surface area contributed by atoms with Crippen molar-refractivity contribution < 1.29 is 42.5 Å². The Morgan fingerprint density at radius 2 is 1.69 bits per heavy atom. The van der Waals surface area contributed by atoms with E-state index in [1.165, 1.54) is 0 Å². The summed E-state index contributed by atoms with van der Waals surface area (Å²) in [6.07, 6.45) is -0.825. The summed E-state index contributed by atoms with van der Waals surface area (Å²) in [5.41, 5.74) is 11.6. The number of aliphatic hydroxyl groups is 3. The predicted molar refractivity (Wildman–Crippen MR) is 146 cm³/mol. The molecule has 1 heterocycles. The average Bonchev–Trinajstić information content (AvgIpc) is 2.81. The minimum Gasteiger partial charge on any atom is -0.388 e. The Kier molecular flexibility index (Phi) is 13.4. The van der Waals surface area contributed by atoms with Gasteiger partial charge in [0.05, 0.1) is 25.0 Å². The number of ether oxygens (including phenoxy) is 3. The first-order valence-corrected chi connectivity index (χ1v) is 15.5. The first-order valence-electron chi connectivity index (χ1n) is 13.6. The highest BCUT2D eigenvalue weighted by Crippen LogP contribution is 2.33. The second-order valence-corrected chi connectivity index (χ2v) is 12.7. The van der Waals surface area contributed by atoms with Crippen molar-refractivity contribution in [3.05, 3.63) is 0 Å². The second kappa shape index (κ2) is 15.1. The van der Waals surface area contributed by atoms with Crippen LogP contribution in [0.5, 0.6) is 0 Å². The Morgan fingerprint density at radius 3 is 2.26 bits per heavy atom. The maximum Gasteiger partial charge on any atom is 0.261 e. The van der Waals surface area contributed by atoms with Gasteiger partial charge in [-0.25, -0.2) is 0 Å². The van der Waals surface area contributed by atoms with E-state index in [2.05, 4.69) is 16.0 Å². The summed E-state index contributed by atoms with van der Waals surface area (Å²) in [4.78, 5) is 0. The molecule has 0 aromatic carbocycles. The second-order valence-electron chi connectivity index (χ2n) is 11.2. The van der Waals surface area contributed by atoms with Crippen LogP contribution in [0.15, 0.2) is 0 Å². The molecule has 0 amide bonds. The molecule has 3 fully saturated rings. The van der Waals surface area contributed by atoms with Crippen LogP contribution in [0.2, 0.25) is 0 Å². The summed E-state index contributed by atoms with van der Waals surface area (Å²) in [6, 6.07) is -1.42. The molecule has 2 aliphatic carbocycles. The highest BCUT2D eigenvalue weighted by Gasteiger charge is 2.51. The predicted octanol–water partition coefficient (Wildman–Crippen LogP) is -2.90. The summed E-state index contributed by atoms with van der Waals surface area (Å²) >= 11 is 0. The maximum atomic E-state index is 11.4. The lowest BCUT2D eigenvalue weighted by Crippen LogP contribution is -2.69. The summed E-state index contributed by atoms with van der Waals surface area (Å²) in [5.74, 6) is 0.463. The molecule has 39 heavy (non-hydrogen) atoms. The Morgan fingerprint density at radius 1 is 1.05 bits per heavy atom. The van der Waals surface area contributed by atoms with Gasteiger partial charge in [0.1, 0.15) is 30.0 Å². The van der Waals surface area contributed by atoms with Crippen molar-refractivity contribution >= 4 is 10.1 Å². The molecule has 12 atom stereocenters. The first-order chi connectivity index (χ1) is 18.1. The number of nitrogens with two attached hydrogens (primary N) is 2. The van der Waals surface area contributed by atoms with Gasteiger partial charge in [-0.3, -0.25) is 4.55 Å². The van der Waals surface area contributed by atoms with Crippen molar-refractivity contribution in [2.75, 3.05) is 40.0 Å². The molecular weight excluding hydrogens is 534 g/mol. The van der Waals surface area contributed by atoms with Gasteiger partial charge in [-0.1, -0.05) is 6.92 Å². The molecule has 0 spiro atoms. The van der Waals surface area contributed by atoms with Gasteiger partial charge in [0.2, 0.25) is 0 Å². The topological polar surface area (TPSA) is 231 Å². The third-order valence-corrected chi connectivity index (χ3v) is 7.69. The molecule has 1 saturated heterocycles. The zero-order valence-corrected chi connectivity index (χ0v) is 24.5. The van der Waals surface area contributed by atoms with E-state index in [1.54, 1.807) is 14.0 Å². The highest BCUT2D eigenvalue weighted by molar-refractivity contribution is 7.85. The Labute approximate surface area is 232 Å². The van der Waals surface area contributed by atoms with Gasteiger partial charge in [0.15, 0.2) is 6.29 Å². The molecule has 232 valence electrons. The monoisotopic (exact) mass is 585 g/mol. The molecule has 0 aromatic heterocycles. The van der Waals surface area contributed by atoms with Crippen LogP contribution in [-0.2, 0) is 24.3 Å². The summed E-state index contributed by atoms with van der Waals surface area (Å²) in [5, 5.41) is 42.3. The largest absolute Gasteiger partial charge is 0.388 e. The van der Waals surface area contributed by atoms with E-state index >= 15 is 0 Å². The molecule has 15 heteroatoms. The van der Waals surface area contributed by atoms with Crippen molar-refractivity contribution in [1.29, 1.82) is 0 Å². The summed E-state index contributed by atoms with van der Waals surface area (Å²) in [7, 11) is -0.0625.